The van der Waals surface area contributed by atoms with Crippen molar-refractivity contribution < 1.29 is 13.9 Å². The van der Waals surface area contributed by atoms with Gasteiger partial charge in [-0.25, -0.2) is 14.2 Å². The first-order valence-corrected chi connectivity index (χ1v) is 6.10. The molecule has 1 amide bonds. The number of carbonyl (C=O) groups is 1. The largest absolute Gasteiger partial charge is 0.444 e. The van der Waals surface area contributed by atoms with Crippen LogP contribution in [0.4, 0.5) is 9.18 Å². The lowest BCUT2D eigenvalue weighted by atomic mass is 10.2. The number of pyridine rings is 1. The van der Waals surface area contributed by atoms with Crippen LogP contribution in [0.1, 0.15) is 26.3 Å². The summed E-state index contributed by atoms with van der Waals surface area (Å²) in [7, 11) is 0. The number of alkyl carbamates (subject to hydrolysis) is 1. The zero-order chi connectivity index (χ0) is 14.5. The molecular weight excluding hydrogens is 271 g/mol. The lowest BCUT2D eigenvalue weighted by Crippen LogP contribution is -2.32. The smallest absolute Gasteiger partial charge is 0.407 e. The van der Waals surface area contributed by atoms with Crippen LogP contribution in [0.3, 0.4) is 0 Å². The summed E-state index contributed by atoms with van der Waals surface area (Å²) in [5, 5.41) is 2.38. The predicted molar refractivity (Wildman–Crippen MR) is 72.5 cm³/mol. The number of amides is 1. The molecular formula is C13H16ClFN2O2. The molecule has 1 aromatic heterocycles. The molecule has 0 unspecified atom stereocenters. The van der Waals surface area contributed by atoms with Gasteiger partial charge in [-0.05, 0) is 32.4 Å². The summed E-state index contributed by atoms with van der Waals surface area (Å²) < 4.78 is 18.1. The van der Waals surface area contributed by atoms with Crippen molar-refractivity contribution in [2.24, 2.45) is 0 Å². The van der Waals surface area contributed by atoms with E-state index in [1.165, 1.54) is 12.3 Å². The highest BCUT2D eigenvalue weighted by Crippen LogP contribution is 2.12. The third-order valence-corrected chi connectivity index (χ3v) is 2.17. The van der Waals surface area contributed by atoms with E-state index in [2.05, 4.69) is 10.3 Å². The Morgan fingerprint density at radius 3 is 2.84 bits per heavy atom. The minimum atomic E-state index is -0.580. The van der Waals surface area contributed by atoms with Gasteiger partial charge in [-0.2, -0.15) is 0 Å². The number of ether oxygens (including phenoxy) is 1. The second kappa shape index (κ2) is 6.52. The summed E-state index contributed by atoms with van der Waals surface area (Å²) in [5.74, 6) is -0.580. The van der Waals surface area contributed by atoms with Crippen molar-refractivity contribution in [3.05, 3.63) is 34.9 Å². The van der Waals surface area contributed by atoms with Gasteiger partial charge >= 0.3 is 6.09 Å². The van der Waals surface area contributed by atoms with Crippen LogP contribution in [0, 0.1) is 5.82 Å². The van der Waals surface area contributed by atoms with Crippen LogP contribution in [0.5, 0.6) is 0 Å². The molecule has 0 saturated heterocycles. The first-order chi connectivity index (χ1) is 8.78. The molecule has 0 aromatic carbocycles. The van der Waals surface area contributed by atoms with E-state index in [1.807, 2.05) is 0 Å². The molecule has 0 aliphatic rings. The number of nitrogens with zero attached hydrogens (tertiary/aromatic N) is 1. The van der Waals surface area contributed by atoms with Crippen LogP contribution >= 0.6 is 11.6 Å². The van der Waals surface area contributed by atoms with Crippen LogP contribution in [0.2, 0.25) is 5.15 Å². The number of halogens is 2. The molecule has 1 rings (SSSR count). The topological polar surface area (TPSA) is 51.2 Å². The Hall–Kier alpha value is -1.62. The van der Waals surface area contributed by atoms with Gasteiger partial charge in [0.25, 0.3) is 0 Å². The molecule has 0 bridgehead atoms. The molecule has 0 radical (unpaired) electrons. The SMILES string of the molecule is CC(C)(C)OC(=O)NCC=Cc1cnc(Cl)c(F)c1. The zero-order valence-corrected chi connectivity index (χ0v) is 11.8. The number of hydrogen-bond donors (Lipinski definition) is 1. The van der Waals surface area contributed by atoms with Crippen LogP contribution in [-0.4, -0.2) is 23.2 Å². The van der Waals surface area contributed by atoms with Gasteiger partial charge < -0.3 is 10.1 Å². The van der Waals surface area contributed by atoms with E-state index in [-0.39, 0.29) is 11.7 Å². The van der Waals surface area contributed by atoms with E-state index in [9.17, 15) is 9.18 Å². The van der Waals surface area contributed by atoms with E-state index in [1.54, 1.807) is 32.9 Å². The van der Waals surface area contributed by atoms with Crippen molar-refractivity contribution in [2.45, 2.75) is 26.4 Å². The second-order valence-corrected chi connectivity index (χ2v) is 5.18. The number of carbonyl (C=O) groups excluding carboxylic acids is 1. The van der Waals surface area contributed by atoms with Crippen LogP contribution in [-0.2, 0) is 4.74 Å². The Kier molecular flexibility index (Phi) is 5.30. The maximum absolute atomic E-state index is 13.1. The summed E-state index contributed by atoms with van der Waals surface area (Å²) in [6.07, 6.45) is 4.23. The average molecular weight is 287 g/mol. The third kappa shape index (κ3) is 6.20. The molecule has 1 aromatic rings. The normalized spacial score (nSPS) is 11.6. The van der Waals surface area contributed by atoms with E-state index >= 15 is 0 Å². The number of aromatic nitrogens is 1. The molecule has 0 aliphatic carbocycles. The van der Waals surface area contributed by atoms with E-state index in [0.29, 0.717) is 5.56 Å². The van der Waals surface area contributed by atoms with Crippen molar-refractivity contribution in [1.82, 2.24) is 10.3 Å². The summed E-state index contributed by atoms with van der Waals surface area (Å²) in [5.41, 5.74) is 0.0321. The summed E-state index contributed by atoms with van der Waals surface area (Å²) in [4.78, 5) is 15.0. The van der Waals surface area contributed by atoms with Crippen molar-refractivity contribution >= 4 is 23.8 Å². The Morgan fingerprint density at radius 2 is 2.26 bits per heavy atom. The predicted octanol–water partition coefficient (Wildman–Crippen LogP) is 3.41. The monoisotopic (exact) mass is 286 g/mol. The van der Waals surface area contributed by atoms with Crippen molar-refractivity contribution in [3.63, 3.8) is 0 Å². The third-order valence-electron chi connectivity index (χ3n) is 1.89. The van der Waals surface area contributed by atoms with Gasteiger partial charge in [0, 0.05) is 12.7 Å². The highest BCUT2D eigenvalue weighted by atomic mass is 35.5. The molecule has 0 saturated carbocycles. The van der Waals surface area contributed by atoms with E-state index in [0.717, 1.165) is 0 Å². The molecule has 104 valence electrons. The second-order valence-electron chi connectivity index (χ2n) is 4.83. The Balaban J connectivity index is 2.42. The summed E-state index contributed by atoms with van der Waals surface area (Å²) in [6.45, 7) is 5.62. The Bertz CT molecular complexity index is 484. The number of nitrogens with one attached hydrogen (secondary N) is 1. The van der Waals surface area contributed by atoms with Crippen molar-refractivity contribution in [2.75, 3.05) is 6.54 Å². The molecule has 4 nitrogen and oxygen atoms in total. The standard InChI is InChI=1S/C13H16ClFN2O2/c1-13(2,3)19-12(18)16-6-4-5-9-7-10(15)11(14)17-8-9/h4-5,7-8H,6H2,1-3H3,(H,16,18). The van der Waals surface area contributed by atoms with Gasteiger partial charge in [0.1, 0.15) is 5.60 Å². The summed E-state index contributed by atoms with van der Waals surface area (Å²) in [6, 6.07) is 1.26. The van der Waals surface area contributed by atoms with Crippen molar-refractivity contribution in [3.8, 4) is 0 Å². The van der Waals surface area contributed by atoms with Gasteiger partial charge in [0.05, 0.1) is 0 Å². The highest BCUT2D eigenvalue weighted by Gasteiger charge is 2.14. The lowest BCUT2D eigenvalue weighted by Gasteiger charge is -2.19. The molecule has 6 heteroatoms. The number of hydrogen-bond acceptors (Lipinski definition) is 3. The van der Waals surface area contributed by atoms with Gasteiger partial charge in [-0.1, -0.05) is 23.8 Å². The number of rotatable bonds is 3. The van der Waals surface area contributed by atoms with Crippen LogP contribution in [0.25, 0.3) is 6.08 Å². The Labute approximate surface area is 116 Å². The average Bonchev–Trinajstić information content (AvgIpc) is 2.27. The van der Waals surface area contributed by atoms with E-state index < -0.39 is 17.5 Å². The molecule has 1 heterocycles. The van der Waals surface area contributed by atoms with Gasteiger partial charge in [0.15, 0.2) is 11.0 Å². The molecule has 0 spiro atoms. The highest BCUT2D eigenvalue weighted by molar-refractivity contribution is 6.29. The fraction of sp³-hybridized carbons (Fsp3) is 0.385. The maximum Gasteiger partial charge on any atom is 0.407 e. The van der Waals surface area contributed by atoms with Gasteiger partial charge in [-0.15, -0.1) is 0 Å². The van der Waals surface area contributed by atoms with Crippen LogP contribution in [0.15, 0.2) is 18.3 Å². The zero-order valence-electron chi connectivity index (χ0n) is 11.0. The van der Waals surface area contributed by atoms with E-state index in [4.69, 9.17) is 16.3 Å². The Morgan fingerprint density at radius 1 is 1.58 bits per heavy atom. The van der Waals surface area contributed by atoms with Gasteiger partial charge in [-0.3, -0.25) is 0 Å². The molecule has 0 aliphatic heterocycles. The molecule has 0 atom stereocenters. The quantitative estimate of drug-likeness (QED) is 0.866. The maximum atomic E-state index is 13.1. The molecule has 1 N–H and O–H groups in total. The lowest BCUT2D eigenvalue weighted by molar-refractivity contribution is 0.0534. The van der Waals surface area contributed by atoms with Crippen molar-refractivity contribution in [1.29, 1.82) is 0 Å². The fourth-order valence-corrected chi connectivity index (χ4v) is 1.28. The minimum Gasteiger partial charge on any atom is -0.444 e. The molecule has 0 fully saturated rings. The first-order valence-electron chi connectivity index (χ1n) is 5.72. The first kappa shape index (κ1) is 15.4. The van der Waals surface area contributed by atoms with Crippen LogP contribution < -0.4 is 5.32 Å². The summed E-state index contributed by atoms with van der Waals surface area (Å²) >= 11 is 5.46. The minimum absolute atomic E-state index is 0.163. The molecule has 19 heavy (non-hydrogen) atoms. The fourth-order valence-electron chi connectivity index (χ4n) is 1.18. The van der Waals surface area contributed by atoms with Gasteiger partial charge in [0.2, 0.25) is 0 Å².